The number of hydrogen-bond donors (Lipinski definition) is 1. The minimum Gasteiger partial charge on any atom is -0.316 e. The molecule has 1 aliphatic heterocycles. The Morgan fingerprint density at radius 1 is 1.05 bits per heavy atom. The minimum atomic E-state index is 0.685. The highest BCUT2D eigenvalue weighted by atomic mass is 14.9. The summed E-state index contributed by atoms with van der Waals surface area (Å²) in [5.41, 5.74) is 6.88. The summed E-state index contributed by atoms with van der Waals surface area (Å²) in [7, 11) is 0. The van der Waals surface area contributed by atoms with Gasteiger partial charge in [-0.2, -0.15) is 0 Å². The highest BCUT2D eigenvalue weighted by molar-refractivity contribution is 5.68. The molecule has 1 heteroatoms. The summed E-state index contributed by atoms with van der Waals surface area (Å²) in [5, 5.41) is 3.45. The molecule has 1 heterocycles. The van der Waals surface area contributed by atoms with Gasteiger partial charge < -0.3 is 5.32 Å². The molecule has 3 rings (SSSR count). The predicted molar refractivity (Wildman–Crippen MR) is 81.6 cm³/mol. The fraction of sp³-hybridized carbons (Fsp3) is 0.333. The van der Waals surface area contributed by atoms with Crippen LogP contribution in [0.15, 0.2) is 42.5 Å². The van der Waals surface area contributed by atoms with Crippen LogP contribution in [0.2, 0.25) is 0 Å². The van der Waals surface area contributed by atoms with Gasteiger partial charge in [-0.25, -0.2) is 0 Å². The van der Waals surface area contributed by atoms with Crippen LogP contribution < -0.4 is 5.32 Å². The molecule has 0 spiro atoms. The Hall–Kier alpha value is -1.60. The number of hydrogen-bond acceptors (Lipinski definition) is 1. The van der Waals surface area contributed by atoms with Gasteiger partial charge in [-0.15, -0.1) is 0 Å². The Balaban J connectivity index is 2.00. The summed E-state index contributed by atoms with van der Waals surface area (Å²) >= 11 is 0. The second kappa shape index (κ2) is 5.18. The molecule has 1 atom stereocenters. The third-order valence-electron chi connectivity index (χ3n) is 4.12. The van der Waals surface area contributed by atoms with Gasteiger partial charge in [0.15, 0.2) is 0 Å². The molecule has 0 radical (unpaired) electrons. The van der Waals surface area contributed by atoms with Crippen LogP contribution in [0.5, 0.6) is 0 Å². The molecule has 1 N–H and O–H groups in total. The van der Waals surface area contributed by atoms with Crippen molar-refractivity contribution in [1.82, 2.24) is 5.32 Å². The van der Waals surface area contributed by atoms with Crippen molar-refractivity contribution in [3.8, 4) is 11.1 Å². The maximum Gasteiger partial charge on any atom is 0.00206 e. The van der Waals surface area contributed by atoms with Gasteiger partial charge >= 0.3 is 0 Å². The molecule has 0 bridgehead atoms. The van der Waals surface area contributed by atoms with E-state index >= 15 is 0 Å². The van der Waals surface area contributed by atoms with Crippen molar-refractivity contribution in [2.24, 2.45) is 0 Å². The number of nitrogens with one attached hydrogen (secondary N) is 1. The highest BCUT2D eigenvalue weighted by Gasteiger charge is 2.16. The SMILES string of the molecule is Cc1ccc(C)c(-c2cccc(C3CCNC3)c2)c1. The summed E-state index contributed by atoms with van der Waals surface area (Å²) in [5.74, 6) is 0.685. The summed E-state index contributed by atoms with van der Waals surface area (Å²) in [6, 6.07) is 15.8. The van der Waals surface area contributed by atoms with E-state index in [0.717, 1.165) is 13.1 Å². The monoisotopic (exact) mass is 251 g/mol. The lowest BCUT2D eigenvalue weighted by Gasteiger charge is -2.12. The van der Waals surface area contributed by atoms with Crippen molar-refractivity contribution >= 4 is 0 Å². The summed E-state index contributed by atoms with van der Waals surface area (Å²) in [6.45, 7) is 6.63. The smallest absolute Gasteiger partial charge is 0.00206 e. The first kappa shape index (κ1) is 12.4. The fourth-order valence-electron chi connectivity index (χ4n) is 2.95. The molecule has 1 fully saturated rings. The van der Waals surface area contributed by atoms with Crippen molar-refractivity contribution < 1.29 is 0 Å². The third-order valence-corrected chi connectivity index (χ3v) is 4.12. The van der Waals surface area contributed by atoms with E-state index in [2.05, 4.69) is 61.6 Å². The molecule has 0 amide bonds. The van der Waals surface area contributed by atoms with Gasteiger partial charge in [0, 0.05) is 6.54 Å². The molecular formula is C18H21N. The second-order valence-corrected chi connectivity index (χ2v) is 5.63. The van der Waals surface area contributed by atoms with Gasteiger partial charge in [-0.3, -0.25) is 0 Å². The first-order valence-corrected chi connectivity index (χ1v) is 7.12. The van der Waals surface area contributed by atoms with E-state index in [1.54, 1.807) is 0 Å². The Bertz CT molecular complexity index is 580. The van der Waals surface area contributed by atoms with Crippen LogP contribution >= 0.6 is 0 Å². The largest absolute Gasteiger partial charge is 0.316 e. The number of rotatable bonds is 2. The van der Waals surface area contributed by atoms with Crippen LogP contribution in [0.3, 0.4) is 0 Å². The topological polar surface area (TPSA) is 12.0 Å². The minimum absolute atomic E-state index is 0.685. The van der Waals surface area contributed by atoms with Gasteiger partial charge in [-0.05, 0) is 55.0 Å². The Kier molecular flexibility index (Phi) is 3.39. The molecule has 1 unspecified atom stereocenters. The lowest BCUT2D eigenvalue weighted by molar-refractivity contribution is 0.764. The Morgan fingerprint density at radius 3 is 2.74 bits per heavy atom. The zero-order chi connectivity index (χ0) is 13.2. The fourth-order valence-corrected chi connectivity index (χ4v) is 2.95. The zero-order valence-electron chi connectivity index (χ0n) is 11.7. The molecule has 19 heavy (non-hydrogen) atoms. The van der Waals surface area contributed by atoms with E-state index in [9.17, 15) is 0 Å². The van der Waals surface area contributed by atoms with E-state index in [-0.39, 0.29) is 0 Å². The molecule has 2 aromatic carbocycles. The molecule has 0 aliphatic carbocycles. The normalized spacial score (nSPS) is 18.7. The van der Waals surface area contributed by atoms with Crippen LogP contribution in [0.25, 0.3) is 11.1 Å². The molecule has 1 saturated heterocycles. The average molecular weight is 251 g/mol. The van der Waals surface area contributed by atoms with Gasteiger partial charge in [0.1, 0.15) is 0 Å². The highest BCUT2D eigenvalue weighted by Crippen LogP contribution is 2.29. The lowest BCUT2D eigenvalue weighted by Crippen LogP contribution is -2.07. The zero-order valence-corrected chi connectivity index (χ0v) is 11.7. The van der Waals surface area contributed by atoms with Crippen LogP contribution in [0.4, 0.5) is 0 Å². The number of benzene rings is 2. The van der Waals surface area contributed by atoms with E-state index in [1.165, 1.54) is 34.2 Å². The van der Waals surface area contributed by atoms with Crippen molar-refractivity contribution in [3.63, 3.8) is 0 Å². The Labute approximate surface area is 115 Å². The summed E-state index contributed by atoms with van der Waals surface area (Å²) < 4.78 is 0. The van der Waals surface area contributed by atoms with Crippen molar-refractivity contribution in [3.05, 3.63) is 59.2 Å². The van der Waals surface area contributed by atoms with Crippen molar-refractivity contribution in [2.45, 2.75) is 26.2 Å². The van der Waals surface area contributed by atoms with E-state index in [1.807, 2.05) is 0 Å². The van der Waals surface area contributed by atoms with Gasteiger partial charge in [-0.1, -0.05) is 48.0 Å². The average Bonchev–Trinajstić information content (AvgIpc) is 2.96. The molecule has 0 aromatic heterocycles. The molecular weight excluding hydrogens is 230 g/mol. The van der Waals surface area contributed by atoms with Crippen LogP contribution in [0.1, 0.15) is 29.0 Å². The predicted octanol–water partition coefficient (Wildman–Crippen LogP) is 4.05. The summed E-state index contributed by atoms with van der Waals surface area (Å²) in [6.07, 6.45) is 1.26. The molecule has 1 aliphatic rings. The maximum absolute atomic E-state index is 3.45. The first-order valence-electron chi connectivity index (χ1n) is 7.12. The summed E-state index contributed by atoms with van der Waals surface area (Å²) in [4.78, 5) is 0. The van der Waals surface area contributed by atoms with Crippen molar-refractivity contribution in [1.29, 1.82) is 0 Å². The van der Waals surface area contributed by atoms with Gasteiger partial charge in [0.25, 0.3) is 0 Å². The van der Waals surface area contributed by atoms with Crippen LogP contribution in [-0.2, 0) is 0 Å². The lowest BCUT2D eigenvalue weighted by atomic mass is 9.92. The first-order chi connectivity index (χ1) is 9.24. The van der Waals surface area contributed by atoms with Gasteiger partial charge in [0.2, 0.25) is 0 Å². The second-order valence-electron chi connectivity index (χ2n) is 5.63. The maximum atomic E-state index is 3.45. The third kappa shape index (κ3) is 2.57. The molecule has 2 aromatic rings. The van der Waals surface area contributed by atoms with E-state index < -0.39 is 0 Å². The van der Waals surface area contributed by atoms with Crippen molar-refractivity contribution in [2.75, 3.05) is 13.1 Å². The van der Waals surface area contributed by atoms with Crippen LogP contribution in [0, 0.1) is 13.8 Å². The quantitative estimate of drug-likeness (QED) is 0.849. The van der Waals surface area contributed by atoms with E-state index in [4.69, 9.17) is 0 Å². The number of aryl methyl sites for hydroxylation is 2. The molecule has 0 saturated carbocycles. The van der Waals surface area contributed by atoms with E-state index in [0.29, 0.717) is 5.92 Å². The Morgan fingerprint density at radius 2 is 1.95 bits per heavy atom. The van der Waals surface area contributed by atoms with Crippen LogP contribution in [-0.4, -0.2) is 13.1 Å². The standard InChI is InChI=1S/C18H21N/c1-13-6-7-14(2)18(10-13)16-5-3-4-15(11-16)17-8-9-19-12-17/h3-7,10-11,17,19H,8-9,12H2,1-2H3. The van der Waals surface area contributed by atoms with Gasteiger partial charge in [0.05, 0.1) is 0 Å². The molecule has 1 nitrogen and oxygen atoms in total. The molecule has 98 valence electrons.